The monoisotopic (exact) mass is 460 g/mol. The Kier molecular flexibility index (Phi) is 6.77. The highest BCUT2D eigenvalue weighted by atomic mass is 16.5. The van der Waals surface area contributed by atoms with Gasteiger partial charge in [-0.25, -0.2) is 9.48 Å². The van der Waals surface area contributed by atoms with E-state index in [1.165, 1.54) is 11.9 Å². The number of benzene rings is 2. The molecule has 0 radical (unpaired) electrons. The average molecular weight is 461 g/mol. The maximum atomic E-state index is 12.8. The Morgan fingerprint density at radius 1 is 1.03 bits per heavy atom. The average Bonchev–Trinajstić information content (AvgIpc) is 3.43. The Morgan fingerprint density at radius 3 is 2.44 bits per heavy atom. The van der Waals surface area contributed by atoms with Crippen molar-refractivity contribution in [3.8, 4) is 5.69 Å². The topological polar surface area (TPSA) is 93.5 Å². The number of aryl methyl sites for hydroxylation is 2. The zero-order chi connectivity index (χ0) is 24.2. The van der Waals surface area contributed by atoms with Crippen molar-refractivity contribution in [2.45, 2.75) is 33.1 Å². The number of aromatic nitrogens is 2. The second-order valence-corrected chi connectivity index (χ2v) is 8.52. The summed E-state index contributed by atoms with van der Waals surface area (Å²) in [5.41, 5.74) is 5.64. The molecule has 0 bridgehead atoms. The summed E-state index contributed by atoms with van der Waals surface area (Å²) in [6.07, 6.45) is 2.53. The lowest BCUT2D eigenvalue weighted by atomic mass is 10.1. The number of amides is 2. The highest BCUT2D eigenvalue weighted by Gasteiger charge is 2.28. The first-order valence-corrected chi connectivity index (χ1v) is 11.3. The first-order chi connectivity index (χ1) is 16.3. The Morgan fingerprint density at radius 2 is 1.74 bits per heavy atom. The van der Waals surface area contributed by atoms with Crippen LogP contribution < -0.4 is 5.32 Å². The van der Waals surface area contributed by atoms with Gasteiger partial charge < -0.3 is 15.0 Å². The molecule has 4 rings (SSSR count). The van der Waals surface area contributed by atoms with Crippen LogP contribution in [0.5, 0.6) is 0 Å². The molecule has 1 aliphatic rings. The molecule has 0 saturated carbocycles. The third kappa shape index (κ3) is 4.85. The van der Waals surface area contributed by atoms with Crippen LogP contribution in [0.3, 0.4) is 0 Å². The number of rotatable bonds is 7. The van der Waals surface area contributed by atoms with E-state index in [0.29, 0.717) is 0 Å². The molecule has 3 aromatic rings. The van der Waals surface area contributed by atoms with Gasteiger partial charge in [-0.15, -0.1) is 0 Å². The Hall–Kier alpha value is -3.94. The van der Waals surface area contributed by atoms with E-state index < -0.39 is 18.5 Å². The summed E-state index contributed by atoms with van der Waals surface area (Å²) < 4.78 is 7.07. The Labute approximate surface area is 198 Å². The molecule has 34 heavy (non-hydrogen) atoms. The number of esters is 1. The fraction of sp³-hybridized carbons (Fsp3) is 0.308. The van der Waals surface area contributed by atoms with Crippen LogP contribution >= 0.6 is 0 Å². The number of para-hydroxylation sites is 2. The number of hydrogen-bond acceptors (Lipinski definition) is 5. The van der Waals surface area contributed by atoms with Gasteiger partial charge in [0.1, 0.15) is 0 Å². The van der Waals surface area contributed by atoms with Gasteiger partial charge in [-0.2, -0.15) is 5.10 Å². The predicted octanol–water partition coefficient (Wildman–Crippen LogP) is 3.23. The number of carbonyl (C=O) groups is 3. The lowest BCUT2D eigenvalue weighted by Crippen LogP contribution is -2.37. The largest absolute Gasteiger partial charge is 0.451 e. The van der Waals surface area contributed by atoms with Crippen LogP contribution in [0.25, 0.3) is 5.69 Å². The lowest BCUT2D eigenvalue weighted by Gasteiger charge is -2.18. The number of nitrogens with zero attached hydrogens (tertiary/aromatic N) is 3. The number of likely N-dealkylation sites (N-methyl/N-ethyl adjacent to an activating group) is 1. The van der Waals surface area contributed by atoms with Crippen molar-refractivity contribution in [3.63, 3.8) is 0 Å². The number of ether oxygens (including phenoxy) is 1. The molecule has 2 amide bonds. The van der Waals surface area contributed by atoms with Crippen LogP contribution in [0.1, 0.15) is 39.3 Å². The molecule has 8 nitrogen and oxygen atoms in total. The van der Waals surface area contributed by atoms with Crippen LogP contribution in [-0.4, -0.2) is 52.7 Å². The van der Waals surface area contributed by atoms with E-state index in [1.54, 1.807) is 4.68 Å². The van der Waals surface area contributed by atoms with Crippen LogP contribution in [0.4, 0.5) is 5.69 Å². The van der Waals surface area contributed by atoms with Crippen LogP contribution in [0, 0.1) is 13.8 Å². The molecule has 0 aliphatic heterocycles. The van der Waals surface area contributed by atoms with E-state index in [2.05, 4.69) is 10.4 Å². The molecule has 0 saturated heterocycles. The fourth-order valence-corrected chi connectivity index (χ4v) is 4.18. The molecule has 1 N–H and O–H groups in total. The van der Waals surface area contributed by atoms with Crippen molar-refractivity contribution in [2.75, 3.05) is 25.5 Å². The zero-order valence-electron chi connectivity index (χ0n) is 19.6. The van der Waals surface area contributed by atoms with Gasteiger partial charge in [-0.3, -0.25) is 9.59 Å². The summed E-state index contributed by atoms with van der Waals surface area (Å²) in [6.45, 7) is 3.21. The van der Waals surface area contributed by atoms with E-state index >= 15 is 0 Å². The van der Waals surface area contributed by atoms with Gasteiger partial charge in [0.05, 0.1) is 12.2 Å². The summed E-state index contributed by atoms with van der Waals surface area (Å²) in [6, 6.07) is 15.4. The second-order valence-electron chi connectivity index (χ2n) is 8.52. The maximum Gasteiger partial charge on any atom is 0.359 e. The molecule has 0 spiro atoms. The summed E-state index contributed by atoms with van der Waals surface area (Å²) in [5.74, 6) is -1.42. The van der Waals surface area contributed by atoms with Gasteiger partial charge in [0.15, 0.2) is 12.3 Å². The van der Waals surface area contributed by atoms with E-state index in [1.807, 2.05) is 62.4 Å². The molecule has 0 unspecified atom stereocenters. The van der Waals surface area contributed by atoms with E-state index in [0.717, 1.165) is 53.0 Å². The van der Waals surface area contributed by atoms with Crippen LogP contribution in [-0.2, 0) is 27.2 Å². The first-order valence-electron chi connectivity index (χ1n) is 11.3. The van der Waals surface area contributed by atoms with Gasteiger partial charge in [0, 0.05) is 24.0 Å². The van der Waals surface area contributed by atoms with Crippen LogP contribution in [0.2, 0.25) is 0 Å². The first kappa shape index (κ1) is 23.2. The SMILES string of the molecule is Cc1cccc(C)c1NC(=O)CN(C)C(=O)COC(=O)c1nn(-c2ccccc2)c2c1CCC2. The number of carbonyl (C=O) groups excluding carboxylic acids is 3. The minimum Gasteiger partial charge on any atom is -0.451 e. The van der Waals surface area contributed by atoms with Crippen molar-refractivity contribution in [1.82, 2.24) is 14.7 Å². The number of anilines is 1. The molecule has 8 heteroatoms. The van der Waals surface area contributed by atoms with Crippen molar-refractivity contribution in [1.29, 1.82) is 0 Å². The highest BCUT2D eigenvalue weighted by molar-refractivity contribution is 5.96. The lowest BCUT2D eigenvalue weighted by molar-refractivity contribution is -0.136. The zero-order valence-corrected chi connectivity index (χ0v) is 19.6. The molecule has 1 aliphatic carbocycles. The predicted molar refractivity (Wildman–Crippen MR) is 128 cm³/mol. The maximum absolute atomic E-state index is 12.8. The Balaban J connectivity index is 1.36. The molecule has 1 aromatic heterocycles. The van der Waals surface area contributed by atoms with Crippen LogP contribution in [0.15, 0.2) is 48.5 Å². The van der Waals surface area contributed by atoms with E-state index in [-0.39, 0.29) is 18.1 Å². The number of nitrogens with one attached hydrogen (secondary N) is 1. The van der Waals surface area contributed by atoms with Crippen molar-refractivity contribution < 1.29 is 19.1 Å². The van der Waals surface area contributed by atoms with Crippen molar-refractivity contribution in [2.24, 2.45) is 0 Å². The smallest absolute Gasteiger partial charge is 0.359 e. The standard InChI is InChI=1S/C26H28N4O4/c1-17-9-7-10-18(2)24(17)27-22(31)15-29(3)23(32)16-34-26(33)25-20-13-8-14-21(20)30(28-25)19-11-5-4-6-12-19/h4-7,9-12H,8,13-16H2,1-3H3,(H,27,31). The normalized spacial score (nSPS) is 12.2. The molecule has 0 atom stereocenters. The van der Waals surface area contributed by atoms with E-state index in [4.69, 9.17) is 4.74 Å². The van der Waals surface area contributed by atoms with Gasteiger partial charge in [-0.05, 0) is 56.4 Å². The summed E-state index contributed by atoms with van der Waals surface area (Å²) in [7, 11) is 1.50. The number of fused-ring (bicyclic) bond motifs is 1. The molecule has 1 heterocycles. The highest BCUT2D eigenvalue weighted by Crippen LogP contribution is 2.28. The quantitative estimate of drug-likeness (QED) is 0.547. The second kappa shape index (κ2) is 9.91. The molecule has 0 fully saturated rings. The molecule has 2 aromatic carbocycles. The third-order valence-electron chi connectivity index (χ3n) is 6.00. The van der Waals surface area contributed by atoms with E-state index in [9.17, 15) is 14.4 Å². The summed E-state index contributed by atoms with van der Waals surface area (Å²) in [4.78, 5) is 38.9. The molecular formula is C26H28N4O4. The molecular weight excluding hydrogens is 432 g/mol. The van der Waals surface area contributed by atoms with Crippen molar-refractivity contribution in [3.05, 3.63) is 76.6 Å². The van der Waals surface area contributed by atoms with Gasteiger partial charge in [0.25, 0.3) is 5.91 Å². The summed E-state index contributed by atoms with van der Waals surface area (Å²) >= 11 is 0. The van der Waals surface area contributed by atoms with Gasteiger partial charge in [-0.1, -0.05) is 36.4 Å². The van der Waals surface area contributed by atoms with Crippen molar-refractivity contribution >= 4 is 23.5 Å². The fourth-order valence-electron chi connectivity index (χ4n) is 4.18. The minimum absolute atomic E-state index is 0.151. The minimum atomic E-state index is -0.630. The number of hydrogen-bond donors (Lipinski definition) is 1. The van der Waals surface area contributed by atoms with Gasteiger partial charge >= 0.3 is 5.97 Å². The Bertz CT molecular complexity index is 1210. The third-order valence-corrected chi connectivity index (χ3v) is 6.00. The molecule has 176 valence electrons. The summed E-state index contributed by atoms with van der Waals surface area (Å²) in [5, 5.41) is 7.34. The van der Waals surface area contributed by atoms with Gasteiger partial charge in [0.2, 0.25) is 5.91 Å².